The molecule has 0 unspecified atom stereocenters. The van der Waals surface area contributed by atoms with Crippen molar-refractivity contribution in [2.75, 3.05) is 6.61 Å². The molecule has 172 valence electrons. The van der Waals surface area contributed by atoms with Gasteiger partial charge in [0, 0.05) is 22.6 Å². The highest BCUT2D eigenvalue weighted by Gasteiger charge is 2.28. The fraction of sp³-hybridized carbons (Fsp3) is 0.440. The first kappa shape index (κ1) is 24.4. The Morgan fingerprint density at radius 3 is 2.56 bits per heavy atom. The number of nitrogens with one attached hydrogen (secondary N) is 1. The van der Waals surface area contributed by atoms with Crippen LogP contribution in [-0.2, 0) is 16.1 Å². The summed E-state index contributed by atoms with van der Waals surface area (Å²) in [4.78, 5) is 27.7. The fourth-order valence-electron chi connectivity index (χ4n) is 3.92. The molecule has 1 atom stereocenters. The Balaban J connectivity index is 1.71. The van der Waals surface area contributed by atoms with Crippen molar-refractivity contribution >= 4 is 35.0 Å². The molecule has 0 bridgehead atoms. The lowest BCUT2D eigenvalue weighted by Crippen LogP contribution is -2.51. The highest BCUT2D eigenvalue weighted by molar-refractivity contribution is 6.31. The summed E-state index contributed by atoms with van der Waals surface area (Å²) in [5.74, 6) is 0.140. The van der Waals surface area contributed by atoms with Gasteiger partial charge in [-0.3, -0.25) is 9.59 Å². The predicted molar refractivity (Wildman–Crippen MR) is 128 cm³/mol. The zero-order valence-corrected chi connectivity index (χ0v) is 20.1. The largest absolute Gasteiger partial charge is 0.484 e. The van der Waals surface area contributed by atoms with Gasteiger partial charge in [0.15, 0.2) is 6.61 Å². The molecule has 1 saturated carbocycles. The zero-order valence-electron chi connectivity index (χ0n) is 18.6. The van der Waals surface area contributed by atoms with Gasteiger partial charge in [0.1, 0.15) is 11.8 Å². The van der Waals surface area contributed by atoms with E-state index in [1.165, 1.54) is 6.42 Å². The van der Waals surface area contributed by atoms with Gasteiger partial charge in [-0.15, -0.1) is 0 Å². The van der Waals surface area contributed by atoms with Gasteiger partial charge in [-0.25, -0.2) is 0 Å². The van der Waals surface area contributed by atoms with Crippen molar-refractivity contribution in [1.29, 1.82) is 0 Å². The van der Waals surface area contributed by atoms with Crippen LogP contribution in [0.3, 0.4) is 0 Å². The maximum absolute atomic E-state index is 13.2. The summed E-state index contributed by atoms with van der Waals surface area (Å²) in [6, 6.07) is 12.1. The maximum Gasteiger partial charge on any atom is 0.261 e. The number of halogens is 2. The van der Waals surface area contributed by atoms with Crippen LogP contribution in [0.15, 0.2) is 42.5 Å². The minimum Gasteiger partial charge on any atom is -0.484 e. The summed E-state index contributed by atoms with van der Waals surface area (Å²) in [6.45, 7) is 3.72. The number of rotatable bonds is 8. The van der Waals surface area contributed by atoms with Crippen molar-refractivity contribution in [1.82, 2.24) is 10.2 Å². The van der Waals surface area contributed by atoms with Gasteiger partial charge in [0.25, 0.3) is 5.91 Å². The third-order valence-electron chi connectivity index (χ3n) is 5.85. The Bertz CT molecular complexity index is 945. The van der Waals surface area contributed by atoms with Crippen LogP contribution in [0.4, 0.5) is 0 Å². The van der Waals surface area contributed by atoms with E-state index in [1.54, 1.807) is 42.2 Å². The lowest BCUT2D eigenvalue weighted by Gasteiger charge is -2.31. The van der Waals surface area contributed by atoms with Gasteiger partial charge in [-0.05, 0) is 68.1 Å². The molecule has 0 aliphatic heterocycles. The van der Waals surface area contributed by atoms with Gasteiger partial charge in [0.2, 0.25) is 5.91 Å². The van der Waals surface area contributed by atoms with Gasteiger partial charge >= 0.3 is 0 Å². The highest BCUT2D eigenvalue weighted by Crippen LogP contribution is 2.22. The first-order chi connectivity index (χ1) is 15.3. The fourth-order valence-corrected chi connectivity index (χ4v) is 4.25. The number of hydrogen-bond acceptors (Lipinski definition) is 3. The molecule has 2 amide bonds. The van der Waals surface area contributed by atoms with Crippen LogP contribution in [0, 0.1) is 6.92 Å². The summed E-state index contributed by atoms with van der Waals surface area (Å²) in [6.07, 6.45) is 5.43. The van der Waals surface area contributed by atoms with Crippen LogP contribution in [0.25, 0.3) is 0 Å². The third kappa shape index (κ3) is 6.88. The molecule has 0 spiro atoms. The van der Waals surface area contributed by atoms with Crippen LogP contribution in [0.2, 0.25) is 10.0 Å². The smallest absolute Gasteiger partial charge is 0.261 e. The van der Waals surface area contributed by atoms with Crippen LogP contribution in [0.5, 0.6) is 5.75 Å². The number of nitrogens with zero attached hydrogens (tertiary/aromatic N) is 1. The van der Waals surface area contributed by atoms with Crippen LogP contribution < -0.4 is 10.1 Å². The van der Waals surface area contributed by atoms with Crippen molar-refractivity contribution in [3.63, 3.8) is 0 Å². The molecule has 3 rings (SSSR count). The zero-order chi connectivity index (χ0) is 23.1. The van der Waals surface area contributed by atoms with E-state index in [1.807, 2.05) is 19.1 Å². The molecule has 0 aromatic heterocycles. The molecule has 32 heavy (non-hydrogen) atoms. The molecule has 7 heteroatoms. The number of ether oxygens (including phenoxy) is 1. The van der Waals surface area contributed by atoms with Gasteiger partial charge < -0.3 is 15.0 Å². The van der Waals surface area contributed by atoms with Crippen LogP contribution in [0.1, 0.15) is 50.2 Å². The van der Waals surface area contributed by atoms with E-state index in [9.17, 15) is 9.59 Å². The second kappa shape index (κ2) is 11.6. The topological polar surface area (TPSA) is 58.6 Å². The molecule has 5 nitrogen and oxygen atoms in total. The van der Waals surface area contributed by atoms with E-state index in [0.717, 1.165) is 36.8 Å². The van der Waals surface area contributed by atoms with Crippen molar-refractivity contribution < 1.29 is 14.3 Å². The van der Waals surface area contributed by atoms with Crippen LogP contribution >= 0.6 is 23.2 Å². The van der Waals surface area contributed by atoms with Crippen molar-refractivity contribution in [2.45, 2.75) is 64.6 Å². The Kier molecular flexibility index (Phi) is 8.83. The van der Waals surface area contributed by atoms with Gasteiger partial charge in [0.05, 0.1) is 0 Å². The van der Waals surface area contributed by atoms with Crippen molar-refractivity contribution in [3.05, 3.63) is 63.6 Å². The Labute approximate surface area is 200 Å². The first-order valence-electron chi connectivity index (χ1n) is 11.1. The lowest BCUT2D eigenvalue weighted by molar-refractivity contribution is -0.142. The van der Waals surface area contributed by atoms with E-state index >= 15 is 0 Å². The van der Waals surface area contributed by atoms with Crippen molar-refractivity contribution in [3.8, 4) is 5.75 Å². The molecular formula is C25H30Cl2N2O3. The van der Waals surface area contributed by atoms with E-state index in [2.05, 4.69) is 5.32 Å². The summed E-state index contributed by atoms with van der Waals surface area (Å²) in [7, 11) is 0. The standard InChI is InChI=1S/C25H30Cl2N2O3/c1-17-13-22(11-12-23(17)27)32-16-24(30)29(15-19-7-6-8-20(26)14-19)18(2)25(31)28-21-9-4-3-5-10-21/h6-8,11-14,18,21H,3-5,9-10,15-16H2,1-2H3,(H,28,31)/t18-/m0/s1. The number of carbonyl (C=O) groups excluding carboxylic acids is 2. The number of aryl methyl sites for hydroxylation is 1. The second-order valence-corrected chi connectivity index (χ2v) is 9.21. The minimum atomic E-state index is -0.640. The molecule has 1 aliphatic rings. The van der Waals surface area contributed by atoms with E-state index < -0.39 is 6.04 Å². The quantitative estimate of drug-likeness (QED) is 0.543. The summed E-state index contributed by atoms with van der Waals surface area (Å²) in [5, 5.41) is 4.35. The Morgan fingerprint density at radius 1 is 1.12 bits per heavy atom. The third-order valence-corrected chi connectivity index (χ3v) is 6.51. The molecule has 2 aromatic carbocycles. The summed E-state index contributed by atoms with van der Waals surface area (Å²) in [5.41, 5.74) is 1.72. The number of hydrogen-bond donors (Lipinski definition) is 1. The number of benzene rings is 2. The molecular weight excluding hydrogens is 447 g/mol. The molecule has 0 radical (unpaired) electrons. The maximum atomic E-state index is 13.2. The molecule has 0 saturated heterocycles. The van der Waals surface area contributed by atoms with E-state index in [0.29, 0.717) is 15.8 Å². The number of amides is 2. The summed E-state index contributed by atoms with van der Waals surface area (Å²) >= 11 is 12.2. The average molecular weight is 477 g/mol. The molecule has 0 heterocycles. The molecule has 1 fully saturated rings. The Morgan fingerprint density at radius 2 is 1.88 bits per heavy atom. The normalized spacial score (nSPS) is 15.1. The Hall–Kier alpha value is -2.24. The van der Waals surface area contributed by atoms with Crippen LogP contribution in [-0.4, -0.2) is 35.4 Å². The monoisotopic (exact) mass is 476 g/mol. The molecule has 2 aromatic rings. The highest BCUT2D eigenvalue weighted by atomic mass is 35.5. The van der Waals surface area contributed by atoms with Crippen molar-refractivity contribution in [2.24, 2.45) is 0 Å². The molecule has 1 aliphatic carbocycles. The SMILES string of the molecule is Cc1cc(OCC(=O)N(Cc2cccc(Cl)c2)[C@@H](C)C(=O)NC2CCCCC2)ccc1Cl. The van der Waals surface area contributed by atoms with Gasteiger partial charge in [-0.2, -0.15) is 0 Å². The predicted octanol–water partition coefficient (Wildman–Crippen LogP) is 5.55. The number of carbonyl (C=O) groups is 2. The average Bonchev–Trinajstić information content (AvgIpc) is 2.78. The van der Waals surface area contributed by atoms with Gasteiger partial charge in [-0.1, -0.05) is 54.6 Å². The molecule has 1 N–H and O–H groups in total. The summed E-state index contributed by atoms with van der Waals surface area (Å²) < 4.78 is 5.72. The van der Waals surface area contributed by atoms with E-state index in [-0.39, 0.29) is 31.0 Å². The minimum absolute atomic E-state index is 0.144. The first-order valence-corrected chi connectivity index (χ1v) is 11.8. The van der Waals surface area contributed by atoms with E-state index in [4.69, 9.17) is 27.9 Å². The second-order valence-electron chi connectivity index (χ2n) is 8.37. The lowest BCUT2D eigenvalue weighted by atomic mass is 9.95.